The molecule has 0 unspecified atom stereocenters. The lowest BCUT2D eigenvalue weighted by Gasteiger charge is -2.39. The van der Waals surface area contributed by atoms with E-state index in [0.29, 0.717) is 0 Å². The highest BCUT2D eigenvalue weighted by molar-refractivity contribution is 5.69. The molecule has 0 saturated carbocycles. The van der Waals surface area contributed by atoms with E-state index in [-0.39, 0.29) is 36.3 Å². The van der Waals surface area contributed by atoms with Gasteiger partial charge < -0.3 is 14.4 Å². The molecular weight excluding hydrogens is 346 g/mol. The molecule has 0 atom stereocenters. The Kier molecular flexibility index (Phi) is 4.55. The van der Waals surface area contributed by atoms with Crippen LogP contribution in [-0.4, -0.2) is 50.6 Å². The van der Waals surface area contributed by atoms with Gasteiger partial charge in [-0.3, -0.25) is 9.67 Å². The highest BCUT2D eigenvalue weighted by Crippen LogP contribution is 2.28. The molecule has 0 aromatic carbocycles. The molecule has 140 valence electrons. The third-order valence-corrected chi connectivity index (χ3v) is 3.75. The van der Waals surface area contributed by atoms with Crippen LogP contribution in [0, 0.1) is 11.6 Å². The van der Waals surface area contributed by atoms with Crippen LogP contribution < -0.4 is 4.74 Å². The molecule has 1 aliphatic rings. The number of hydrogen-bond acceptors (Lipinski definition) is 5. The van der Waals surface area contributed by atoms with Gasteiger partial charge in [-0.25, -0.2) is 13.6 Å². The van der Waals surface area contributed by atoms with E-state index >= 15 is 0 Å². The summed E-state index contributed by atoms with van der Waals surface area (Å²) < 4.78 is 40.0. The largest absolute Gasteiger partial charge is 0.483 e. The van der Waals surface area contributed by atoms with Gasteiger partial charge in [0, 0.05) is 13.1 Å². The second-order valence-electron chi connectivity index (χ2n) is 7.09. The smallest absolute Gasteiger partial charge is 0.410 e. The van der Waals surface area contributed by atoms with Crippen molar-refractivity contribution in [2.45, 2.75) is 32.5 Å². The van der Waals surface area contributed by atoms with Crippen molar-refractivity contribution >= 4 is 6.09 Å². The van der Waals surface area contributed by atoms with E-state index in [4.69, 9.17) is 9.47 Å². The van der Waals surface area contributed by atoms with E-state index in [1.54, 1.807) is 27.8 Å². The zero-order valence-electron chi connectivity index (χ0n) is 15.0. The van der Waals surface area contributed by atoms with Gasteiger partial charge in [-0.05, 0) is 20.8 Å². The molecule has 0 radical (unpaired) electrons. The summed E-state index contributed by atoms with van der Waals surface area (Å²) >= 11 is 0. The summed E-state index contributed by atoms with van der Waals surface area (Å²) in [5.74, 6) is -1.27. The van der Waals surface area contributed by atoms with Crippen LogP contribution in [0.25, 0.3) is 11.4 Å². The maximum absolute atomic E-state index is 14.0. The second kappa shape index (κ2) is 6.54. The minimum absolute atomic E-state index is 0.0514. The van der Waals surface area contributed by atoms with Gasteiger partial charge in [0.2, 0.25) is 0 Å². The minimum atomic E-state index is -0.660. The Labute approximate surface area is 149 Å². The number of aryl methyl sites for hydroxylation is 1. The number of rotatable bonds is 3. The van der Waals surface area contributed by atoms with Gasteiger partial charge in [-0.15, -0.1) is 0 Å². The lowest BCUT2D eigenvalue weighted by Crippen LogP contribution is -2.57. The molecule has 2 aromatic rings. The number of carbonyl (C=O) groups excluding carboxylic acids is 1. The van der Waals surface area contributed by atoms with E-state index in [1.807, 2.05) is 0 Å². The van der Waals surface area contributed by atoms with Crippen molar-refractivity contribution in [3.8, 4) is 17.1 Å². The number of likely N-dealkylation sites (tertiary alicyclic amines) is 1. The van der Waals surface area contributed by atoms with Gasteiger partial charge in [0.1, 0.15) is 17.4 Å². The molecule has 0 aliphatic carbocycles. The van der Waals surface area contributed by atoms with E-state index < -0.39 is 23.3 Å². The first kappa shape index (κ1) is 18.1. The fourth-order valence-corrected chi connectivity index (χ4v) is 2.51. The van der Waals surface area contributed by atoms with E-state index in [1.165, 1.54) is 15.6 Å². The van der Waals surface area contributed by atoms with E-state index in [2.05, 4.69) is 10.1 Å². The number of pyridine rings is 1. The average Bonchev–Trinajstić information content (AvgIpc) is 2.81. The summed E-state index contributed by atoms with van der Waals surface area (Å²) in [6.45, 7) is 5.91. The first-order valence-corrected chi connectivity index (χ1v) is 8.12. The Bertz CT molecular complexity index is 806. The quantitative estimate of drug-likeness (QED) is 0.835. The fraction of sp³-hybridized carbons (Fsp3) is 0.471. The van der Waals surface area contributed by atoms with Gasteiger partial charge in [0.05, 0.1) is 31.2 Å². The summed E-state index contributed by atoms with van der Waals surface area (Å²) in [7, 11) is 1.56. The predicted octanol–water partition coefficient (Wildman–Crippen LogP) is 2.76. The predicted molar refractivity (Wildman–Crippen MR) is 88.6 cm³/mol. The van der Waals surface area contributed by atoms with Crippen LogP contribution in [0.3, 0.4) is 0 Å². The lowest BCUT2D eigenvalue weighted by atomic mass is 10.1. The molecule has 1 saturated heterocycles. The van der Waals surface area contributed by atoms with Crippen molar-refractivity contribution in [2.75, 3.05) is 13.1 Å². The van der Waals surface area contributed by atoms with Crippen molar-refractivity contribution in [1.82, 2.24) is 19.7 Å². The third-order valence-electron chi connectivity index (χ3n) is 3.75. The average molecular weight is 366 g/mol. The molecule has 0 bridgehead atoms. The Hall–Kier alpha value is -2.71. The standard InChI is InChI=1S/C17H20F2N4O3/c1-17(2,3)26-16(24)23-8-10(9-23)25-14-5-13(20-6-11(14)18)15-12(19)7-21-22(15)4/h5-7,10H,8-9H2,1-4H3. The molecule has 9 heteroatoms. The van der Waals surface area contributed by atoms with Crippen molar-refractivity contribution < 1.29 is 23.0 Å². The van der Waals surface area contributed by atoms with Crippen molar-refractivity contribution in [2.24, 2.45) is 7.05 Å². The topological polar surface area (TPSA) is 69.5 Å². The highest BCUT2D eigenvalue weighted by Gasteiger charge is 2.35. The molecule has 1 aliphatic heterocycles. The van der Waals surface area contributed by atoms with Crippen LogP contribution in [-0.2, 0) is 11.8 Å². The van der Waals surface area contributed by atoms with Crippen LogP contribution >= 0.6 is 0 Å². The van der Waals surface area contributed by atoms with Gasteiger partial charge >= 0.3 is 6.09 Å². The molecule has 3 rings (SSSR count). The van der Waals surface area contributed by atoms with Gasteiger partial charge in [0.25, 0.3) is 0 Å². The monoisotopic (exact) mass is 366 g/mol. The van der Waals surface area contributed by atoms with E-state index in [0.717, 1.165) is 12.4 Å². The number of ether oxygens (including phenoxy) is 2. The molecule has 26 heavy (non-hydrogen) atoms. The SMILES string of the molecule is Cn1ncc(F)c1-c1cc(OC2CN(C(=O)OC(C)(C)C)C2)c(F)cn1. The molecule has 0 N–H and O–H groups in total. The zero-order chi connectivity index (χ0) is 19.1. The van der Waals surface area contributed by atoms with Gasteiger partial charge in [0.15, 0.2) is 17.4 Å². The normalized spacial score (nSPS) is 14.9. The Balaban J connectivity index is 1.67. The Morgan fingerprint density at radius 1 is 1.23 bits per heavy atom. The lowest BCUT2D eigenvalue weighted by molar-refractivity contribution is -0.0229. The Morgan fingerprint density at radius 3 is 2.50 bits per heavy atom. The second-order valence-corrected chi connectivity index (χ2v) is 7.09. The summed E-state index contributed by atoms with van der Waals surface area (Å²) in [6, 6.07) is 1.32. The molecule has 1 amide bonds. The number of hydrogen-bond donors (Lipinski definition) is 0. The highest BCUT2D eigenvalue weighted by atomic mass is 19.1. The van der Waals surface area contributed by atoms with Crippen molar-refractivity contribution in [1.29, 1.82) is 0 Å². The molecule has 3 heterocycles. The molecule has 1 fully saturated rings. The van der Waals surface area contributed by atoms with Crippen molar-refractivity contribution in [3.63, 3.8) is 0 Å². The number of amides is 1. The molecule has 7 nitrogen and oxygen atoms in total. The van der Waals surface area contributed by atoms with Crippen LogP contribution in [0.2, 0.25) is 0 Å². The summed E-state index contributed by atoms with van der Waals surface area (Å²) in [4.78, 5) is 17.3. The van der Waals surface area contributed by atoms with Crippen LogP contribution in [0.4, 0.5) is 13.6 Å². The number of halogens is 2. The van der Waals surface area contributed by atoms with E-state index in [9.17, 15) is 13.6 Å². The Morgan fingerprint density at radius 2 is 1.92 bits per heavy atom. The summed E-state index contributed by atoms with van der Waals surface area (Å²) in [6.07, 6.45) is 1.22. The maximum Gasteiger partial charge on any atom is 0.410 e. The number of aromatic nitrogens is 3. The molecule has 0 spiro atoms. The first-order chi connectivity index (χ1) is 12.1. The van der Waals surface area contributed by atoms with Gasteiger partial charge in [-0.2, -0.15) is 5.10 Å². The fourth-order valence-electron chi connectivity index (χ4n) is 2.51. The minimum Gasteiger partial charge on any atom is -0.483 e. The van der Waals surface area contributed by atoms with Crippen LogP contribution in [0.15, 0.2) is 18.5 Å². The maximum atomic E-state index is 14.0. The number of carbonyl (C=O) groups is 1. The number of nitrogens with zero attached hydrogens (tertiary/aromatic N) is 4. The summed E-state index contributed by atoms with van der Waals surface area (Å²) in [5.41, 5.74) is -0.233. The molecular formula is C17H20F2N4O3. The first-order valence-electron chi connectivity index (χ1n) is 8.12. The third kappa shape index (κ3) is 3.76. The van der Waals surface area contributed by atoms with Crippen LogP contribution in [0.5, 0.6) is 5.75 Å². The summed E-state index contributed by atoms with van der Waals surface area (Å²) in [5, 5.41) is 3.80. The zero-order valence-corrected chi connectivity index (χ0v) is 15.0. The van der Waals surface area contributed by atoms with Crippen molar-refractivity contribution in [3.05, 3.63) is 30.1 Å². The molecule has 2 aromatic heterocycles. The van der Waals surface area contributed by atoms with Crippen LogP contribution in [0.1, 0.15) is 20.8 Å². The van der Waals surface area contributed by atoms with Gasteiger partial charge in [-0.1, -0.05) is 0 Å².